The molecule has 2 rings (SSSR count). The number of hydrogen-bond donors (Lipinski definition) is 3. The third kappa shape index (κ3) is 6.11. The summed E-state index contributed by atoms with van der Waals surface area (Å²) in [5.74, 6) is 0.164. The average Bonchev–Trinajstić information content (AvgIpc) is 2.67. The van der Waals surface area contributed by atoms with Crippen LogP contribution in [0, 0.1) is 12.8 Å². The van der Waals surface area contributed by atoms with E-state index in [0.29, 0.717) is 12.3 Å². The van der Waals surface area contributed by atoms with Crippen molar-refractivity contribution >= 4 is 17.5 Å². The van der Waals surface area contributed by atoms with E-state index in [1.165, 1.54) is 0 Å². The minimum absolute atomic E-state index is 0.0107. The van der Waals surface area contributed by atoms with E-state index < -0.39 is 6.04 Å². The molecule has 2 amide bonds. The van der Waals surface area contributed by atoms with Gasteiger partial charge in [0.15, 0.2) is 0 Å². The second kappa shape index (κ2) is 9.73. The smallest absolute Gasteiger partial charge is 0.243 e. The monoisotopic (exact) mass is 369 g/mol. The lowest BCUT2D eigenvalue weighted by molar-refractivity contribution is -0.125. The van der Waals surface area contributed by atoms with Crippen molar-refractivity contribution in [2.45, 2.75) is 33.4 Å². The van der Waals surface area contributed by atoms with Gasteiger partial charge in [-0.15, -0.1) is 0 Å². The van der Waals surface area contributed by atoms with Gasteiger partial charge in [0.1, 0.15) is 12.4 Å². The molecule has 0 aliphatic heterocycles. The third-order valence-electron chi connectivity index (χ3n) is 4.30. The van der Waals surface area contributed by atoms with Crippen molar-refractivity contribution in [1.29, 1.82) is 0 Å². The van der Waals surface area contributed by atoms with Crippen molar-refractivity contribution in [3.8, 4) is 5.75 Å². The number of carbonyl (C=O) groups excluding carboxylic acids is 2. The van der Waals surface area contributed by atoms with Crippen LogP contribution in [-0.2, 0) is 16.2 Å². The number of anilines is 1. The zero-order valence-corrected chi connectivity index (χ0v) is 16.0. The van der Waals surface area contributed by atoms with E-state index in [0.717, 1.165) is 16.9 Å². The van der Waals surface area contributed by atoms with Gasteiger partial charge in [-0.05, 0) is 42.2 Å². The van der Waals surface area contributed by atoms with Crippen LogP contribution in [0.15, 0.2) is 48.5 Å². The number of ether oxygens (including phenoxy) is 1. The van der Waals surface area contributed by atoms with Gasteiger partial charge in [-0.1, -0.05) is 44.2 Å². The van der Waals surface area contributed by atoms with Crippen LogP contribution in [0.2, 0.25) is 0 Å². The summed E-state index contributed by atoms with van der Waals surface area (Å²) in [5.41, 5.74) is 8.36. The van der Waals surface area contributed by atoms with Crippen molar-refractivity contribution < 1.29 is 14.3 Å². The van der Waals surface area contributed by atoms with Gasteiger partial charge in [-0.3, -0.25) is 9.59 Å². The highest BCUT2D eigenvalue weighted by atomic mass is 16.5. The van der Waals surface area contributed by atoms with Gasteiger partial charge in [-0.2, -0.15) is 0 Å². The van der Waals surface area contributed by atoms with Crippen LogP contribution in [0.3, 0.4) is 0 Å². The van der Waals surface area contributed by atoms with Gasteiger partial charge < -0.3 is 21.1 Å². The molecule has 0 heterocycles. The van der Waals surface area contributed by atoms with Gasteiger partial charge in [0, 0.05) is 5.69 Å². The Morgan fingerprint density at radius 3 is 2.44 bits per heavy atom. The van der Waals surface area contributed by atoms with E-state index in [1.54, 1.807) is 0 Å². The van der Waals surface area contributed by atoms with E-state index in [9.17, 15) is 9.59 Å². The fourth-order valence-electron chi connectivity index (χ4n) is 2.44. The summed E-state index contributed by atoms with van der Waals surface area (Å²) in [6.45, 7) is 5.92. The molecule has 0 saturated heterocycles. The topological polar surface area (TPSA) is 93.5 Å². The van der Waals surface area contributed by atoms with Crippen LogP contribution in [0.1, 0.15) is 25.0 Å². The van der Waals surface area contributed by atoms with Crippen LogP contribution in [-0.4, -0.2) is 24.4 Å². The molecule has 0 radical (unpaired) electrons. The summed E-state index contributed by atoms with van der Waals surface area (Å²) in [5, 5.41) is 5.39. The van der Waals surface area contributed by atoms with Crippen molar-refractivity contribution in [2.24, 2.45) is 11.7 Å². The Kier molecular flexibility index (Phi) is 7.37. The summed E-state index contributed by atoms with van der Waals surface area (Å²) in [7, 11) is 0. The highest BCUT2D eigenvalue weighted by Gasteiger charge is 2.17. The summed E-state index contributed by atoms with van der Waals surface area (Å²) in [6, 6.07) is 14.6. The zero-order valence-electron chi connectivity index (χ0n) is 16.0. The summed E-state index contributed by atoms with van der Waals surface area (Å²) < 4.78 is 5.78. The van der Waals surface area contributed by atoms with Crippen molar-refractivity contribution in [3.63, 3.8) is 0 Å². The van der Waals surface area contributed by atoms with Gasteiger partial charge >= 0.3 is 0 Å². The Labute approximate surface area is 160 Å². The molecule has 0 aliphatic carbocycles. The lowest BCUT2D eigenvalue weighted by atomic mass is 10.1. The van der Waals surface area contributed by atoms with Gasteiger partial charge in [0.2, 0.25) is 11.8 Å². The molecule has 144 valence electrons. The molecule has 0 aliphatic rings. The minimum atomic E-state index is -0.627. The van der Waals surface area contributed by atoms with E-state index in [1.807, 2.05) is 69.3 Å². The molecule has 6 heteroatoms. The number of para-hydroxylation sites is 1. The number of carbonyl (C=O) groups is 2. The number of nitrogens with two attached hydrogens (primary N) is 1. The molecule has 0 bridgehead atoms. The molecule has 0 saturated carbocycles. The third-order valence-corrected chi connectivity index (χ3v) is 4.30. The summed E-state index contributed by atoms with van der Waals surface area (Å²) in [4.78, 5) is 24.0. The number of benzene rings is 2. The normalized spacial score (nSPS) is 11.7. The first-order chi connectivity index (χ1) is 12.9. The molecule has 0 spiro atoms. The van der Waals surface area contributed by atoms with E-state index in [-0.39, 0.29) is 24.3 Å². The maximum absolute atomic E-state index is 12.2. The SMILES string of the molecule is Cc1c(COc2ccccc2)cccc1NC(=O)CNC(=O)[C@@H](N)C(C)C. The molecular weight excluding hydrogens is 342 g/mol. The first-order valence-electron chi connectivity index (χ1n) is 8.98. The zero-order chi connectivity index (χ0) is 19.8. The second-order valence-electron chi connectivity index (χ2n) is 6.73. The quantitative estimate of drug-likeness (QED) is 0.667. The molecule has 1 atom stereocenters. The first kappa shape index (κ1) is 20.5. The molecule has 0 fully saturated rings. The van der Waals surface area contributed by atoms with Crippen LogP contribution in [0.4, 0.5) is 5.69 Å². The highest BCUT2D eigenvalue weighted by Crippen LogP contribution is 2.21. The fraction of sp³-hybridized carbons (Fsp3) is 0.333. The second-order valence-corrected chi connectivity index (χ2v) is 6.73. The molecule has 6 nitrogen and oxygen atoms in total. The Morgan fingerprint density at radius 2 is 1.78 bits per heavy atom. The predicted molar refractivity (Wildman–Crippen MR) is 106 cm³/mol. The average molecular weight is 369 g/mol. The first-order valence-corrected chi connectivity index (χ1v) is 8.98. The van der Waals surface area contributed by atoms with Crippen molar-refractivity contribution in [2.75, 3.05) is 11.9 Å². The standard InChI is InChI=1S/C21H27N3O3/c1-14(2)20(22)21(26)23-12-19(25)24-18-11-7-8-16(15(18)3)13-27-17-9-5-4-6-10-17/h4-11,14,20H,12-13,22H2,1-3H3,(H,23,26)(H,24,25)/t20-/m0/s1. The fourth-order valence-corrected chi connectivity index (χ4v) is 2.44. The maximum atomic E-state index is 12.2. The minimum Gasteiger partial charge on any atom is -0.489 e. The van der Waals surface area contributed by atoms with Gasteiger partial charge in [0.05, 0.1) is 12.6 Å². The molecule has 0 aromatic heterocycles. The lowest BCUT2D eigenvalue weighted by Gasteiger charge is -2.16. The molecule has 2 aromatic rings. The van der Waals surface area contributed by atoms with E-state index in [4.69, 9.17) is 10.5 Å². The summed E-state index contributed by atoms with van der Waals surface area (Å²) >= 11 is 0. The van der Waals surface area contributed by atoms with Gasteiger partial charge in [-0.25, -0.2) is 0 Å². The van der Waals surface area contributed by atoms with Crippen LogP contribution >= 0.6 is 0 Å². The molecule has 2 aromatic carbocycles. The van der Waals surface area contributed by atoms with Gasteiger partial charge in [0.25, 0.3) is 0 Å². The van der Waals surface area contributed by atoms with E-state index in [2.05, 4.69) is 10.6 Å². The number of hydrogen-bond acceptors (Lipinski definition) is 4. The Hall–Kier alpha value is -2.86. The number of nitrogens with one attached hydrogen (secondary N) is 2. The Morgan fingerprint density at radius 1 is 1.07 bits per heavy atom. The van der Waals surface area contributed by atoms with Crippen molar-refractivity contribution in [1.82, 2.24) is 5.32 Å². The molecule has 27 heavy (non-hydrogen) atoms. The van der Waals surface area contributed by atoms with Crippen LogP contribution in [0.5, 0.6) is 5.75 Å². The largest absolute Gasteiger partial charge is 0.489 e. The van der Waals surface area contributed by atoms with Crippen LogP contribution < -0.4 is 21.1 Å². The maximum Gasteiger partial charge on any atom is 0.243 e. The number of rotatable bonds is 8. The van der Waals surface area contributed by atoms with Crippen LogP contribution in [0.25, 0.3) is 0 Å². The molecule has 4 N–H and O–H groups in total. The van der Waals surface area contributed by atoms with E-state index >= 15 is 0 Å². The highest BCUT2D eigenvalue weighted by molar-refractivity contribution is 5.95. The predicted octanol–water partition coefficient (Wildman–Crippen LogP) is 2.61. The summed E-state index contributed by atoms with van der Waals surface area (Å²) in [6.07, 6.45) is 0. The number of amides is 2. The Balaban J connectivity index is 1.92. The molecular formula is C21H27N3O3. The lowest BCUT2D eigenvalue weighted by Crippen LogP contribution is -2.46. The Bertz CT molecular complexity index is 775. The van der Waals surface area contributed by atoms with Crippen molar-refractivity contribution in [3.05, 3.63) is 59.7 Å². The molecule has 0 unspecified atom stereocenters.